The molecule has 0 amide bonds. The molecule has 0 spiro atoms. The molecule has 0 aromatic heterocycles. The highest BCUT2D eigenvalue weighted by molar-refractivity contribution is 6.09. The van der Waals surface area contributed by atoms with E-state index in [4.69, 9.17) is 5.73 Å². The molecule has 0 radical (unpaired) electrons. The zero-order chi connectivity index (χ0) is 13.0. The van der Waals surface area contributed by atoms with Crippen molar-refractivity contribution in [2.24, 2.45) is 4.99 Å². The molecular weight excluding hydrogens is 230 g/mol. The zero-order valence-electron chi connectivity index (χ0n) is 9.59. The van der Waals surface area contributed by atoms with Gasteiger partial charge in [-0.25, -0.2) is 0 Å². The summed E-state index contributed by atoms with van der Waals surface area (Å²) < 4.78 is 0. The maximum absolute atomic E-state index is 10.7. The Kier molecular flexibility index (Phi) is 3.39. The topological polar surface area (TPSA) is 81.5 Å². The molecule has 5 nitrogen and oxygen atoms in total. The van der Waals surface area contributed by atoms with Gasteiger partial charge in [0, 0.05) is 24.4 Å². The van der Waals surface area contributed by atoms with Crippen molar-refractivity contribution in [3.05, 3.63) is 46.0 Å². The Labute approximate surface area is 104 Å². The van der Waals surface area contributed by atoms with E-state index in [0.717, 1.165) is 13.0 Å². The van der Waals surface area contributed by atoms with Crippen LogP contribution >= 0.6 is 0 Å². The Morgan fingerprint density at radius 3 is 2.89 bits per heavy atom. The molecule has 1 aliphatic heterocycles. The van der Waals surface area contributed by atoms with E-state index >= 15 is 0 Å². The number of anilines is 1. The van der Waals surface area contributed by atoms with Crippen molar-refractivity contribution in [1.29, 1.82) is 0 Å². The minimum Gasteiger partial charge on any atom is -0.398 e. The summed E-state index contributed by atoms with van der Waals surface area (Å²) in [5.41, 5.74) is 7.25. The van der Waals surface area contributed by atoms with E-state index in [2.05, 4.69) is 16.8 Å². The lowest BCUT2D eigenvalue weighted by Crippen LogP contribution is -1.97. The fourth-order valence-electron chi connectivity index (χ4n) is 1.49. The zero-order valence-corrected chi connectivity index (χ0v) is 9.59. The molecule has 2 rings (SSSR count). The van der Waals surface area contributed by atoms with Crippen LogP contribution in [0, 0.1) is 22.0 Å². The predicted molar refractivity (Wildman–Crippen MR) is 70.4 cm³/mol. The number of nitrogens with zero attached hydrogens (tertiary/aromatic N) is 2. The van der Waals surface area contributed by atoms with Crippen molar-refractivity contribution in [2.75, 3.05) is 12.3 Å². The number of hydrogen-bond acceptors (Lipinski definition) is 4. The second kappa shape index (κ2) is 5.15. The van der Waals surface area contributed by atoms with Gasteiger partial charge in [-0.15, -0.1) is 0 Å². The number of nitro benzene ring substituents is 1. The smallest absolute Gasteiger partial charge is 0.270 e. The molecule has 18 heavy (non-hydrogen) atoms. The van der Waals surface area contributed by atoms with Crippen molar-refractivity contribution in [3.63, 3.8) is 0 Å². The Balaban J connectivity index is 2.31. The normalized spacial score (nSPS) is 13.4. The number of nitrogens with two attached hydrogens (primary N) is 1. The number of nitrogen functional groups attached to an aromatic ring is 1. The third-order valence-corrected chi connectivity index (χ3v) is 2.43. The van der Waals surface area contributed by atoms with Crippen molar-refractivity contribution in [3.8, 4) is 11.8 Å². The number of non-ortho nitro benzene ring substituents is 1. The fraction of sp³-hybridized carbons (Fsp3) is 0.154. The van der Waals surface area contributed by atoms with Gasteiger partial charge in [0.05, 0.1) is 10.5 Å². The summed E-state index contributed by atoms with van der Waals surface area (Å²) in [6.07, 6.45) is 4.75. The molecule has 1 aromatic rings. The van der Waals surface area contributed by atoms with Crippen LogP contribution in [0.1, 0.15) is 12.0 Å². The Morgan fingerprint density at radius 2 is 2.22 bits per heavy atom. The summed E-state index contributed by atoms with van der Waals surface area (Å²) in [4.78, 5) is 14.4. The molecule has 0 saturated heterocycles. The molecule has 5 heteroatoms. The average Bonchev–Trinajstić information content (AvgIpc) is 2.38. The van der Waals surface area contributed by atoms with Gasteiger partial charge in [0.25, 0.3) is 5.69 Å². The second-order valence-electron chi connectivity index (χ2n) is 3.74. The van der Waals surface area contributed by atoms with Gasteiger partial charge in [-0.05, 0) is 24.5 Å². The molecule has 1 aliphatic rings. The number of hydrogen-bond donors (Lipinski definition) is 1. The number of nitro groups is 1. The lowest BCUT2D eigenvalue weighted by atomic mass is 10.1. The molecule has 0 aliphatic carbocycles. The lowest BCUT2D eigenvalue weighted by molar-refractivity contribution is -0.384. The number of allylic oxidation sites excluding steroid dienone is 1. The van der Waals surface area contributed by atoms with E-state index in [9.17, 15) is 10.1 Å². The average molecular weight is 241 g/mol. The van der Waals surface area contributed by atoms with Gasteiger partial charge < -0.3 is 5.73 Å². The van der Waals surface area contributed by atoms with Crippen LogP contribution in [0.15, 0.2) is 35.3 Å². The largest absolute Gasteiger partial charge is 0.398 e. The van der Waals surface area contributed by atoms with Crippen LogP contribution < -0.4 is 5.73 Å². The summed E-state index contributed by atoms with van der Waals surface area (Å²) in [5, 5.41) is 10.7. The summed E-state index contributed by atoms with van der Waals surface area (Å²) in [6.45, 7) is 0.727. The number of rotatable bonds is 1. The first-order valence-corrected chi connectivity index (χ1v) is 5.44. The maximum Gasteiger partial charge on any atom is 0.270 e. The Hall–Kier alpha value is -2.61. The maximum atomic E-state index is 10.7. The molecule has 0 fully saturated rings. The molecular formula is C13H11N3O2. The summed E-state index contributed by atoms with van der Waals surface area (Å²) in [7, 11) is 0. The van der Waals surface area contributed by atoms with Crippen LogP contribution in [0.3, 0.4) is 0 Å². The molecule has 1 aromatic carbocycles. The molecule has 0 atom stereocenters. The van der Waals surface area contributed by atoms with E-state index in [1.807, 2.05) is 12.2 Å². The highest BCUT2D eigenvalue weighted by Crippen LogP contribution is 2.18. The van der Waals surface area contributed by atoms with Gasteiger partial charge in [0.1, 0.15) is 5.71 Å². The third-order valence-electron chi connectivity index (χ3n) is 2.43. The van der Waals surface area contributed by atoms with Gasteiger partial charge in [0.2, 0.25) is 0 Å². The molecule has 90 valence electrons. The van der Waals surface area contributed by atoms with Gasteiger partial charge in [0.15, 0.2) is 0 Å². The lowest BCUT2D eigenvalue weighted by Gasteiger charge is -1.99. The summed E-state index contributed by atoms with van der Waals surface area (Å²) in [6, 6.07) is 4.22. The Morgan fingerprint density at radius 1 is 1.39 bits per heavy atom. The molecule has 0 unspecified atom stereocenters. The third kappa shape index (κ3) is 2.74. The van der Waals surface area contributed by atoms with Gasteiger partial charge >= 0.3 is 0 Å². The number of dihydropyridines is 1. The standard InChI is InChI=1S/C13H11N3O2/c14-13-7-6-12(16(17)18)9-10(13)4-5-11-3-1-2-8-15-11/h1,3,6-7,9H,2,8,14H2. The summed E-state index contributed by atoms with van der Waals surface area (Å²) >= 11 is 0. The molecule has 0 bridgehead atoms. The SMILES string of the molecule is Nc1ccc([N+](=O)[O-])cc1C#CC1=NCCC=C1. The van der Waals surface area contributed by atoms with Crippen LogP contribution in [-0.4, -0.2) is 17.2 Å². The van der Waals surface area contributed by atoms with Crippen LogP contribution in [0.4, 0.5) is 11.4 Å². The van der Waals surface area contributed by atoms with E-state index in [1.165, 1.54) is 18.2 Å². The van der Waals surface area contributed by atoms with Crippen molar-refractivity contribution >= 4 is 17.1 Å². The van der Waals surface area contributed by atoms with Gasteiger partial charge in [-0.2, -0.15) is 0 Å². The van der Waals surface area contributed by atoms with E-state index < -0.39 is 4.92 Å². The van der Waals surface area contributed by atoms with Crippen LogP contribution in [-0.2, 0) is 0 Å². The fourth-order valence-corrected chi connectivity index (χ4v) is 1.49. The number of aliphatic imine (C=N–C) groups is 1. The molecule has 0 saturated carbocycles. The van der Waals surface area contributed by atoms with Crippen LogP contribution in [0.25, 0.3) is 0 Å². The number of benzene rings is 1. The van der Waals surface area contributed by atoms with Crippen LogP contribution in [0.2, 0.25) is 0 Å². The Bertz CT molecular complexity index is 606. The summed E-state index contributed by atoms with van der Waals surface area (Å²) in [5.74, 6) is 5.67. The van der Waals surface area contributed by atoms with Crippen molar-refractivity contribution in [2.45, 2.75) is 6.42 Å². The highest BCUT2D eigenvalue weighted by atomic mass is 16.6. The van der Waals surface area contributed by atoms with E-state index in [0.29, 0.717) is 17.0 Å². The van der Waals surface area contributed by atoms with Crippen molar-refractivity contribution in [1.82, 2.24) is 0 Å². The minimum absolute atomic E-state index is 0.0189. The predicted octanol–water partition coefficient (Wildman–Crippen LogP) is 1.93. The van der Waals surface area contributed by atoms with Gasteiger partial charge in [-0.1, -0.05) is 12.0 Å². The van der Waals surface area contributed by atoms with E-state index in [-0.39, 0.29) is 5.69 Å². The highest BCUT2D eigenvalue weighted by Gasteiger charge is 2.07. The van der Waals surface area contributed by atoms with Gasteiger partial charge in [-0.3, -0.25) is 15.1 Å². The van der Waals surface area contributed by atoms with Crippen LogP contribution in [0.5, 0.6) is 0 Å². The first-order valence-electron chi connectivity index (χ1n) is 5.44. The first kappa shape index (κ1) is 11.9. The monoisotopic (exact) mass is 241 g/mol. The van der Waals surface area contributed by atoms with E-state index in [1.54, 1.807) is 0 Å². The molecule has 1 heterocycles. The first-order chi connectivity index (χ1) is 8.66. The van der Waals surface area contributed by atoms with Crippen molar-refractivity contribution < 1.29 is 4.92 Å². The quantitative estimate of drug-likeness (QED) is 0.353. The second-order valence-corrected chi connectivity index (χ2v) is 3.74. The molecule has 2 N–H and O–H groups in total. The minimum atomic E-state index is -0.470.